The van der Waals surface area contributed by atoms with Gasteiger partial charge in [0.25, 0.3) is 0 Å². The molecule has 1 aromatic rings. The Hall–Kier alpha value is -1.34. The molecule has 0 bridgehead atoms. The number of Topliss-reactive ketones (excluding diaryl/α,β-unsaturated/α-hetero) is 1. The van der Waals surface area contributed by atoms with Crippen LogP contribution in [0.4, 0.5) is 0 Å². The number of hydrogen-bond donors (Lipinski definition) is 0. The van der Waals surface area contributed by atoms with Crippen molar-refractivity contribution in [1.29, 1.82) is 0 Å². The van der Waals surface area contributed by atoms with E-state index in [0.717, 1.165) is 19.6 Å². The van der Waals surface area contributed by atoms with Crippen LogP contribution in [0.3, 0.4) is 0 Å². The lowest BCUT2D eigenvalue weighted by Crippen LogP contribution is -2.50. The van der Waals surface area contributed by atoms with Gasteiger partial charge in [0.2, 0.25) is 0 Å². The number of nitrogens with zero attached hydrogens (tertiary/aromatic N) is 6. The average molecular weight is 252 g/mol. The molecule has 1 atom stereocenters. The Labute approximate surface area is 107 Å². The number of rotatable bonds is 4. The summed E-state index contributed by atoms with van der Waals surface area (Å²) in [5.41, 5.74) is 0. The van der Waals surface area contributed by atoms with Crippen LogP contribution in [-0.4, -0.2) is 75.6 Å². The molecule has 0 aromatic carbocycles. The van der Waals surface area contributed by atoms with Crippen molar-refractivity contribution in [3.05, 3.63) is 5.82 Å². The Morgan fingerprint density at radius 3 is 2.78 bits per heavy atom. The average Bonchev–Trinajstić information content (AvgIpc) is 2.69. The van der Waals surface area contributed by atoms with Gasteiger partial charge in [-0.15, -0.1) is 10.2 Å². The van der Waals surface area contributed by atoms with Crippen LogP contribution in [0, 0.1) is 0 Å². The van der Waals surface area contributed by atoms with Gasteiger partial charge in [0.1, 0.15) is 5.78 Å². The summed E-state index contributed by atoms with van der Waals surface area (Å²) in [6.45, 7) is 3.01. The molecule has 0 spiro atoms. The van der Waals surface area contributed by atoms with E-state index in [4.69, 9.17) is 0 Å². The van der Waals surface area contributed by atoms with Gasteiger partial charge in [0.15, 0.2) is 5.82 Å². The molecule has 2 heterocycles. The number of aromatic nitrogens is 4. The number of hydrogen-bond acceptors (Lipinski definition) is 6. The highest BCUT2D eigenvalue weighted by Crippen LogP contribution is 2.10. The van der Waals surface area contributed by atoms with Crippen molar-refractivity contribution in [1.82, 2.24) is 30.0 Å². The van der Waals surface area contributed by atoms with E-state index >= 15 is 0 Å². The molecule has 0 saturated carbocycles. The van der Waals surface area contributed by atoms with Crippen LogP contribution >= 0.6 is 0 Å². The second-order valence-corrected chi connectivity index (χ2v) is 5.01. The smallest absolute Gasteiger partial charge is 0.182 e. The molecule has 1 aliphatic rings. The molecule has 2 rings (SSSR count). The fourth-order valence-corrected chi connectivity index (χ4v) is 2.23. The van der Waals surface area contributed by atoms with Gasteiger partial charge in [-0.25, -0.2) is 0 Å². The lowest BCUT2D eigenvalue weighted by atomic mass is 10.0. The molecular weight excluding hydrogens is 232 g/mol. The minimum atomic E-state index is 0.176. The number of tetrazole rings is 1. The molecule has 18 heavy (non-hydrogen) atoms. The van der Waals surface area contributed by atoms with Crippen molar-refractivity contribution in [3.63, 3.8) is 0 Å². The standard InChI is InChI=1S/C11H20N6O/c1-15-4-5-16(2)9(8-15)6-10(18)7-11-12-14-17(3)13-11/h9H,4-8H2,1-3H3. The molecule has 1 unspecified atom stereocenters. The Morgan fingerprint density at radius 1 is 1.33 bits per heavy atom. The van der Waals surface area contributed by atoms with Crippen LogP contribution in [0.1, 0.15) is 12.2 Å². The highest BCUT2D eigenvalue weighted by molar-refractivity contribution is 5.80. The highest BCUT2D eigenvalue weighted by Gasteiger charge is 2.24. The van der Waals surface area contributed by atoms with Crippen LogP contribution in [-0.2, 0) is 18.3 Å². The van der Waals surface area contributed by atoms with Gasteiger partial charge in [-0.05, 0) is 19.3 Å². The van der Waals surface area contributed by atoms with Gasteiger partial charge in [0.05, 0.1) is 13.5 Å². The fraction of sp³-hybridized carbons (Fsp3) is 0.818. The third kappa shape index (κ3) is 3.33. The largest absolute Gasteiger partial charge is 0.304 e. The molecule has 1 aliphatic heterocycles. The van der Waals surface area contributed by atoms with Crippen molar-refractivity contribution < 1.29 is 4.79 Å². The Bertz CT molecular complexity index is 417. The van der Waals surface area contributed by atoms with Crippen molar-refractivity contribution in [3.8, 4) is 0 Å². The molecule has 0 aliphatic carbocycles. The number of aryl methyl sites for hydroxylation is 1. The summed E-state index contributed by atoms with van der Waals surface area (Å²) in [7, 11) is 5.87. The summed E-state index contributed by atoms with van der Waals surface area (Å²) >= 11 is 0. The van der Waals surface area contributed by atoms with Crippen LogP contribution in [0.2, 0.25) is 0 Å². The molecular formula is C11H20N6O. The van der Waals surface area contributed by atoms with Crippen LogP contribution in [0.25, 0.3) is 0 Å². The first-order valence-electron chi connectivity index (χ1n) is 6.18. The normalized spacial score (nSPS) is 22.3. The highest BCUT2D eigenvalue weighted by atomic mass is 16.1. The van der Waals surface area contributed by atoms with E-state index in [1.165, 1.54) is 4.80 Å². The maximum atomic E-state index is 12.0. The monoisotopic (exact) mass is 252 g/mol. The molecule has 7 heteroatoms. The zero-order chi connectivity index (χ0) is 13.1. The third-order valence-corrected chi connectivity index (χ3v) is 3.35. The fourth-order valence-electron chi connectivity index (χ4n) is 2.23. The van der Waals surface area contributed by atoms with Crippen LogP contribution < -0.4 is 0 Å². The second-order valence-electron chi connectivity index (χ2n) is 5.01. The van der Waals surface area contributed by atoms with Gasteiger partial charge in [-0.2, -0.15) is 4.80 Å². The Balaban J connectivity index is 1.86. The first kappa shape index (κ1) is 13.1. The molecule has 0 radical (unpaired) electrons. The Morgan fingerprint density at radius 2 is 2.11 bits per heavy atom. The molecule has 1 aromatic heterocycles. The lowest BCUT2D eigenvalue weighted by Gasteiger charge is -2.37. The van der Waals surface area contributed by atoms with E-state index in [2.05, 4.69) is 39.3 Å². The maximum Gasteiger partial charge on any atom is 0.182 e. The number of piperazine rings is 1. The second kappa shape index (κ2) is 5.53. The number of carbonyl (C=O) groups is 1. The quantitative estimate of drug-likeness (QED) is 0.682. The van der Waals surface area contributed by atoms with Crippen LogP contribution in [0.5, 0.6) is 0 Å². The number of likely N-dealkylation sites (N-methyl/N-ethyl adjacent to an activating group) is 2. The summed E-state index contributed by atoms with van der Waals surface area (Å²) in [4.78, 5) is 17.9. The zero-order valence-corrected chi connectivity index (χ0v) is 11.2. The van der Waals surface area contributed by atoms with E-state index in [0.29, 0.717) is 18.3 Å². The zero-order valence-electron chi connectivity index (χ0n) is 11.2. The SMILES string of the molecule is CN1CCN(C)C(CC(=O)Cc2nnn(C)n2)C1. The van der Waals surface area contributed by atoms with E-state index in [1.54, 1.807) is 7.05 Å². The maximum absolute atomic E-state index is 12.0. The van der Waals surface area contributed by atoms with Gasteiger partial charge in [0, 0.05) is 32.1 Å². The van der Waals surface area contributed by atoms with Crippen molar-refractivity contribution in [2.45, 2.75) is 18.9 Å². The van der Waals surface area contributed by atoms with Crippen LogP contribution in [0.15, 0.2) is 0 Å². The first-order valence-corrected chi connectivity index (χ1v) is 6.18. The predicted octanol–water partition coefficient (Wildman–Crippen LogP) is -1.04. The summed E-state index contributed by atoms with van der Waals surface area (Å²) < 4.78 is 0. The minimum absolute atomic E-state index is 0.176. The molecule has 100 valence electrons. The lowest BCUT2D eigenvalue weighted by molar-refractivity contribution is -0.120. The summed E-state index contributed by atoms with van der Waals surface area (Å²) in [5, 5.41) is 11.6. The molecule has 1 fully saturated rings. The minimum Gasteiger partial charge on any atom is -0.304 e. The third-order valence-electron chi connectivity index (χ3n) is 3.35. The topological polar surface area (TPSA) is 67.2 Å². The molecule has 0 amide bonds. The summed E-state index contributed by atoms with van der Waals surface area (Å²) in [5.74, 6) is 0.685. The van der Waals surface area contributed by atoms with E-state index in [-0.39, 0.29) is 12.2 Å². The Kier molecular flexibility index (Phi) is 4.03. The van der Waals surface area contributed by atoms with E-state index in [1.807, 2.05) is 0 Å². The molecule has 1 saturated heterocycles. The number of carbonyl (C=O) groups excluding carboxylic acids is 1. The summed E-state index contributed by atoms with van der Waals surface area (Å²) in [6, 6.07) is 0.299. The van der Waals surface area contributed by atoms with Gasteiger partial charge in [-0.1, -0.05) is 0 Å². The summed E-state index contributed by atoms with van der Waals surface area (Å²) in [6.07, 6.45) is 0.834. The van der Waals surface area contributed by atoms with Crippen molar-refractivity contribution in [2.75, 3.05) is 33.7 Å². The van der Waals surface area contributed by atoms with Gasteiger partial charge >= 0.3 is 0 Å². The molecule has 7 nitrogen and oxygen atoms in total. The van der Waals surface area contributed by atoms with Gasteiger partial charge < -0.3 is 9.80 Å². The van der Waals surface area contributed by atoms with Crippen molar-refractivity contribution >= 4 is 5.78 Å². The molecule has 0 N–H and O–H groups in total. The van der Waals surface area contributed by atoms with Gasteiger partial charge in [-0.3, -0.25) is 4.79 Å². The predicted molar refractivity (Wildman–Crippen MR) is 66.0 cm³/mol. The number of ketones is 1. The van der Waals surface area contributed by atoms with E-state index < -0.39 is 0 Å². The van der Waals surface area contributed by atoms with Crippen molar-refractivity contribution in [2.24, 2.45) is 7.05 Å². The van der Waals surface area contributed by atoms with E-state index in [9.17, 15) is 4.79 Å². The first-order chi connectivity index (χ1) is 8.54.